The van der Waals surface area contributed by atoms with Crippen LogP contribution in [0.5, 0.6) is 5.75 Å². The van der Waals surface area contributed by atoms with Crippen LogP contribution in [0.25, 0.3) is 10.9 Å². The van der Waals surface area contributed by atoms with Crippen molar-refractivity contribution in [2.75, 3.05) is 12.9 Å². The summed E-state index contributed by atoms with van der Waals surface area (Å²) in [5, 5.41) is 2.58. The van der Waals surface area contributed by atoms with Gasteiger partial charge in [-0.3, -0.25) is 4.99 Å². The number of hydrogen-bond donors (Lipinski definition) is 1. The first-order valence-electron chi connectivity index (χ1n) is 5.86. The molecule has 0 saturated heterocycles. The largest absolute Gasteiger partial charge is 0.484 e. The lowest BCUT2D eigenvalue weighted by atomic mass is 10.2. The van der Waals surface area contributed by atoms with Crippen LogP contribution < -0.4 is 4.74 Å². The highest BCUT2D eigenvalue weighted by atomic mass is 35.5. The van der Waals surface area contributed by atoms with Gasteiger partial charge in [-0.05, 0) is 30.5 Å². The molecule has 6 heteroatoms. The molecule has 0 aliphatic rings. The molecule has 0 spiro atoms. The monoisotopic (exact) mass is 312 g/mol. The molecule has 0 aliphatic carbocycles. The first-order valence-corrected chi connectivity index (χ1v) is 7.68. The molecule has 0 atom stereocenters. The summed E-state index contributed by atoms with van der Waals surface area (Å²) in [7, 11) is 0. The average Bonchev–Trinajstić information content (AvgIpc) is 2.85. The van der Waals surface area contributed by atoms with Crippen LogP contribution in [-0.4, -0.2) is 24.6 Å². The molecule has 0 aliphatic heterocycles. The van der Waals surface area contributed by atoms with Crippen LogP contribution in [0.3, 0.4) is 0 Å². The lowest BCUT2D eigenvalue weighted by Crippen LogP contribution is -2.01. The summed E-state index contributed by atoms with van der Waals surface area (Å²) in [6, 6.07) is 4.87. The Morgan fingerprint density at radius 3 is 3.00 bits per heavy atom. The molecule has 1 aromatic carbocycles. The van der Waals surface area contributed by atoms with Gasteiger partial charge < -0.3 is 9.72 Å². The van der Waals surface area contributed by atoms with Gasteiger partial charge >= 0.3 is 0 Å². The summed E-state index contributed by atoms with van der Waals surface area (Å²) in [5.74, 6) is 0.120. The zero-order valence-electron chi connectivity index (χ0n) is 11.0. The maximum absolute atomic E-state index is 13.9. The number of aliphatic imine (C=N–C) groups is 1. The minimum atomic E-state index is -0.412. The van der Waals surface area contributed by atoms with Gasteiger partial charge in [0.1, 0.15) is 6.61 Å². The highest BCUT2D eigenvalue weighted by molar-refractivity contribution is 8.01. The van der Waals surface area contributed by atoms with Gasteiger partial charge in [-0.25, -0.2) is 4.39 Å². The molecule has 1 aromatic heterocycles. The van der Waals surface area contributed by atoms with E-state index in [1.165, 1.54) is 17.8 Å². The Kier molecular flexibility index (Phi) is 5.09. The third-order valence-electron chi connectivity index (χ3n) is 2.71. The van der Waals surface area contributed by atoms with Crippen molar-refractivity contribution in [3.63, 3.8) is 0 Å². The van der Waals surface area contributed by atoms with Crippen molar-refractivity contribution < 1.29 is 9.13 Å². The van der Waals surface area contributed by atoms with Crippen LogP contribution in [0.2, 0.25) is 0 Å². The topological polar surface area (TPSA) is 37.4 Å². The summed E-state index contributed by atoms with van der Waals surface area (Å²) in [6.07, 6.45) is 1.91. The molecule has 0 fully saturated rings. The van der Waals surface area contributed by atoms with Crippen LogP contribution in [0.15, 0.2) is 34.3 Å². The number of nitrogens with one attached hydrogen (secondary N) is 1. The van der Waals surface area contributed by atoms with E-state index in [-0.39, 0.29) is 12.4 Å². The Bertz CT molecular complexity index is 654. The lowest BCUT2D eigenvalue weighted by Gasteiger charge is -2.07. The highest BCUT2D eigenvalue weighted by Gasteiger charge is 2.09. The van der Waals surface area contributed by atoms with Crippen molar-refractivity contribution in [1.82, 2.24) is 4.98 Å². The van der Waals surface area contributed by atoms with E-state index in [0.717, 1.165) is 16.6 Å². The third kappa shape index (κ3) is 3.35. The number of fused-ring (bicyclic) bond motifs is 1. The Morgan fingerprint density at radius 2 is 2.35 bits per heavy atom. The van der Waals surface area contributed by atoms with Gasteiger partial charge in [-0.2, -0.15) is 0 Å². The molecule has 0 radical (unpaired) electrons. The van der Waals surface area contributed by atoms with Gasteiger partial charge in [0, 0.05) is 22.7 Å². The number of ether oxygens (including phenoxy) is 1. The number of alkyl halides is 1. The van der Waals surface area contributed by atoms with Crippen molar-refractivity contribution in [2.45, 2.75) is 5.88 Å². The smallest absolute Gasteiger partial charge is 0.165 e. The van der Waals surface area contributed by atoms with Gasteiger partial charge in [0.15, 0.2) is 11.6 Å². The molecule has 20 heavy (non-hydrogen) atoms. The number of thioether (sulfide) groups is 1. The van der Waals surface area contributed by atoms with Crippen molar-refractivity contribution in [3.05, 3.63) is 40.8 Å². The molecule has 2 rings (SSSR count). The van der Waals surface area contributed by atoms with E-state index in [1.807, 2.05) is 17.7 Å². The Labute approximate surface area is 125 Å². The molecule has 1 N–H and O–H groups in total. The lowest BCUT2D eigenvalue weighted by molar-refractivity contribution is 0.332. The number of aromatic nitrogens is 1. The number of halogens is 2. The van der Waals surface area contributed by atoms with Crippen molar-refractivity contribution in [1.29, 1.82) is 0 Å². The SMILES string of the molecule is C=N/C(=C\SC)COc1cc2[nH]c(CCl)cc2cc1F. The molecular formula is C14H14ClFN2OS. The first kappa shape index (κ1) is 14.9. The van der Waals surface area contributed by atoms with E-state index in [9.17, 15) is 4.39 Å². The van der Waals surface area contributed by atoms with Gasteiger partial charge in [0.25, 0.3) is 0 Å². The van der Waals surface area contributed by atoms with Crippen LogP contribution in [-0.2, 0) is 5.88 Å². The van der Waals surface area contributed by atoms with E-state index < -0.39 is 5.82 Å². The van der Waals surface area contributed by atoms with Gasteiger partial charge in [-0.1, -0.05) is 0 Å². The Hall–Kier alpha value is -1.46. The van der Waals surface area contributed by atoms with Gasteiger partial charge in [0.05, 0.1) is 11.6 Å². The normalized spacial score (nSPS) is 11.8. The number of hydrogen-bond acceptors (Lipinski definition) is 3. The zero-order valence-corrected chi connectivity index (χ0v) is 12.5. The number of H-pyrrole nitrogens is 1. The van der Waals surface area contributed by atoms with Crippen LogP contribution in [0, 0.1) is 5.82 Å². The van der Waals surface area contributed by atoms with Crippen molar-refractivity contribution in [2.24, 2.45) is 4.99 Å². The van der Waals surface area contributed by atoms with E-state index in [0.29, 0.717) is 11.6 Å². The number of nitrogens with zero attached hydrogens (tertiary/aromatic N) is 1. The summed E-state index contributed by atoms with van der Waals surface area (Å²) in [5.41, 5.74) is 2.29. The van der Waals surface area contributed by atoms with Crippen LogP contribution in [0.4, 0.5) is 4.39 Å². The minimum absolute atomic E-state index is 0.176. The molecule has 1 heterocycles. The highest BCUT2D eigenvalue weighted by Crippen LogP contribution is 2.26. The molecule has 3 nitrogen and oxygen atoms in total. The quantitative estimate of drug-likeness (QED) is 0.637. The average molecular weight is 313 g/mol. The minimum Gasteiger partial charge on any atom is -0.484 e. The maximum Gasteiger partial charge on any atom is 0.165 e. The fourth-order valence-electron chi connectivity index (χ4n) is 1.78. The molecule has 0 unspecified atom stereocenters. The van der Waals surface area contributed by atoms with Gasteiger partial charge in [-0.15, -0.1) is 23.4 Å². The number of benzene rings is 1. The second-order valence-corrected chi connectivity index (χ2v) is 5.06. The zero-order chi connectivity index (χ0) is 14.5. The van der Waals surface area contributed by atoms with Crippen molar-refractivity contribution in [3.8, 4) is 5.75 Å². The van der Waals surface area contributed by atoms with Crippen molar-refractivity contribution >= 4 is 41.0 Å². The molecule has 0 bridgehead atoms. The van der Waals surface area contributed by atoms with Crippen LogP contribution in [0.1, 0.15) is 5.69 Å². The molecule has 2 aromatic rings. The fraction of sp³-hybridized carbons (Fsp3) is 0.214. The Morgan fingerprint density at radius 1 is 1.55 bits per heavy atom. The summed E-state index contributed by atoms with van der Waals surface area (Å²) in [6.45, 7) is 3.63. The van der Waals surface area contributed by atoms with Gasteiger partial charge in [0.2, 0.25) is 0 Å². The predicted octanol–water partition coefficient (Wildman–Crippen LogP) is 4.33. The van der Waals surface area contributed by atoms with E-state index in [1.54, 1.807) is 6.07 Å². The standard InChI is InChI=1S/C14H14ClFN2OS/c1-17-11(8-20-2)7-19-14-5-13-9(4-12(14)16)3-10(6-15)18-13/h3-5,8,18H,1,6-7H2,2H3/b11-8-. The van der Waals surface area contributed by atoms with E-state index in [2.05, 4.69) is 16.7 Å². The molecule has 0 amide bonds. The molecule has 106 valence electrons. The summed E-state index contributed by atoms with van der Waals surface area (Å²) >= 11 is 7.24. The second-order valence-electron chi connectivity index (χ2n) is 4.09. The summed E-state index contributed by atoms with van der Waals surface area (Å²) in [4.78, 5) is 6.93. The maximum atomic E-state index is 13.9. The third-order valence-corrected chi connectivity index (χ3v) is 3.50. The number of aromatic amines is 1. The second kappa shape index (κ2) is 6.81. The molecule has 0 saturated carbocycles. The van der Waals surface area contributed by atoms with E-state index in [4.69, 9.17) is 16.3 Å². The number of rotatable bonds is 6. The first-order chi connectivity index (χ1) is 9.67. The summed E-state index contributed by atoms with van der Waals surface area (Å²) < 4.78 is 19.4. The van der Waals surface area contributed by atoms with Crippen LogP contribution >= 0.6 is 23.4 Å². The fourth-order valence-corrected chi connectivity index (χ4v) is 2.34. The molecular weight excluding hydrogens is 299 g/mol. The van der Waals surface area contributed by atoms with E-state index >= 15 is 0 Å². The predicted molar refractivity (Wildman–Crippen MR) is 84.5 cm³/mol. The Balaban J connectivity index is 2.23.